The van der Waals surface area contributed by atoms with E-state index < -0.39 is 38.3 Å². The zero-order chi connectivity index (χ0) is 14.0. The van der Waals surface area contributed by atoms with Gasteiger partial charge in [0.25, 0.3) is 0 Å². The van der Waals surface area contributed by atoms with Crippen LogP contribution in [0.3, 0.4) is 0 Å². The van der Waals surface area contributed by atoms with Crippen LogP contribution in [0.5, 0.6) is 0 Å². The number of aliphatic hydroxyl groups excluding tert-OH is 1. The predicted octanol–water partition coefficient (Wildman–Crippen LogP) is 0.799. The second-order valence-electron chi connectivity index (χ2n) is 3.66. The smallest absolute Gasteiger partial charge is 0.391 e. The molecule has 0 saturated carbocycles. The fourth-order valence-corrected chi connectivity index (χ4v) is 3.01. The van der Waals surface area contributed by atoms with Crippen LogP contribution in [0.15, 0.2) is 29.2 Å². The normalized spacial score (nSPS) is 14.5. The van der Waals surface area contributed by atoms with E-state index in [4.69, 9.17) is 10.8 Å². The lowest BCUT2D eigenvalue weighted by molar-refractivity contribution is -0.139. The number of aliphatic hydroxyl groups is 1. The summed E-state index contributed by atoms with van der Waals surface area (Å²) in [5.41, 5.74) is 3.80. The highest BCUT2D eigenvalue weighted by molar-refractivity contribution is 7.91. The fraction of sp³-hybridized carbons (Fsp3) is 0.400. The van der Waals surface area contributed by atoms with Gasteiger partial charge in [-0.05, 0) is 12.1 Å². The molecule has 0 unspecified atom stereocenters. The van der Waals surface area contributed by atoms with Gasteiger partial charge in [0.15, 0.2) is 9.84 Å². The first-order valence-corrected chi connectivity index (χ1v) is 6.61. The highest BCUT2D eigenvalue weighted by Crippen LogP contribution is 2.34. The fourth-order valence-electron chi connectivity index (χ4n) is 1.38. The summed E-state index contributed by atoms with van der Waals surface area (Å²) in [5.74, 6) is -0.837. The molecule has 102 valence electrons. The van der Waals surface area contributed by atoms with Crippen molar-refractivity contribution in [3.63, 3.8) is 0 Å². The lowest BCUT2D eigenvalue weighted by Gasteiger charge is -2.14. The van der Waals surface area contributed by atoms with E-state index in [9.17, 15) is 21.6 Å². The Hall–Kier alpha value is -1.12. The second kappa shape index (κ2) is 5.25. The molecule has 0 aliphatic heterocycles. The molecule has 0 amide bonds. The minimum absolute atomic E-state index is 0.340. The molecule has 1 rings (SSSR count). The Labute approximate surface area is 102 Å². The average Bonchev–Trinajstić information content (AvgIpc) is 2.27. The number of halogens is 3. The van der Waals surface area contributed by atoms with Crippen molar-refractivity contribution in [3.8, 4) is 0 Å². The van der Waals surface area contributed by atoms with Gasteiger partial charge in [0.05, 0.1) is 22.3 Å². The van der Waals surface area contributed by atoms with Gasteiger partial charge in [0.2, 0.25) is 0 Å². The second-order valence-corrected chi connectivity index (χ2v) is 5.67. The van der Waals surface area contributed by atoms with Gasteiger partial charge in [-0.1, -0.05) is 12.1 Å². The number of alkyl halides is 3. The summed E-state index contributed by atoms with van der Waals surface area (Å²) in [6, 6.07) is 3.83. The van der Waals surface area contributed by atoms with Crippen molar-refractivity contribution in [1.29, 1.82) is 0 Å². The molecule has 0 aromatic heterocycles. The topological polar surface area (TPSA) is 80.4 Å². The summed E-state index contributed by atoms with van der Waals surface area (Å²) in [6.07, 6.45) is -6.16. The molecular formula is C10H12F3NO3S. The molecule has 0 heterocycles. The molecule has 0 saturated heterocycles. The highest BCUT2D eigenvalue weighted by Gasteiger charge is 2.37. The minimum atomic E-state index is -4.77. The number of sulfone groups is 1. The third-order valence-electron chi connectivity index (χ3n) is 2.21. The van der Waals surface area contributed by atoms with Gasteiger partial charge in [0, 0.05) is 6.54 Å². The Bertz CT molecular complexity index is 513. The van der Waals surface area contributed by atoms with Crippen LogP contribution in [0, 0.1) is 0 Å². The van der Waals surface area contributed by atoms with Crippen LogP contribution in [0.25, 0.3) is 0 Å². The molecule has 8 heteroatoms. The molecule has 1 atom stereocenters. The van der Waals surface area contributed by atoms with Gasteiger partial charge < -0.3 is 10.8 Å². The van der Waals surface area contributed by atoms with Crippen molar-refractivity contribution < 1.29 is 26.7 Å². The summed E-state index contributed by atoms with van der Waals surface area (Å²) in [4.78, 5) is -0.843. The summed E-state index contributed by atoms with van der Waals surface area (Å²) in [6.45, 7) is -0.340. The van der Waals surface area contributed by atoms with E-state index in [2.05, 4.69) is 0 Å². The van der Waals surface area contributed by atoms with Gasteiger partial charge in [0.1, 0.15) is 0 Å². The van der Waals surface area contributed by atoms with E-state index in [1.807, 2.05) is 0 Å². The molecule has 0 aliphatic carbocycles. The Morgan fingerprint density at radius 2 is 1.83 bits per heavy atom. The van der Waals surface area contributed by atoms with Gasteiger partial charge >= 0.3 is 6.18 Å². The average molecular weight is 283 g/mol. The standard InChI is InChI=1S/C10H12F3NO3S/c11-10(12,13)8-3-1-2-4-9(8)18(16,17)6-7(15)5-14/h1-4,7,15H,5-6,14H2/t7-/m1/s1. The van der Waals surface area contributed by atoms with Crippen LogP contribution >= 0.6 is 0 Å². The monoisotopic (exact) mass is 283 g/mol. The quantitative estimate of drug-likeness (QED) is 0.856. The highest BCUT2D eigenvalue weighted by atomic mass is 32.2. The van der Waals surface area contributed by atoms with Crippen molar-refractivity contribution in [2.75, 3.05) is 12.3 Å². The van der Waals surface area contributed by atoms with Crippen molar-refractivity contribution in [1.82, 2.24) is 0 Å². The van der Waals surface area contributed by atoms with Crippen molar-refractivity contribution in [2.45, 2.75) is 17.2 Å². The summed E-state index contributed by atoms with van der Waals surface area (Å²) >= 11 is 0. The Kier molecular flexibility index (Phi) is 4.36. The number of benzene rings is 1. The Morgan fingerprint density at radius 3 is 2.33 bits per heavy atom. The van der Waals surface area contributed by atoms with Crippen molar-refractivity contribution in [2.24, 2.45) is 5.73 Å². The van der Waals surface area contributed by atoms with E-state index in [0.717, 1.165) is 12.1 Å². The number of hydrogen-bond acceptors (Lipinski definition) is 4. The molecule has 0 spiro atoms. The minimum Gasteiger partial charge on any atom is -0.391 e. The van der Waals surface area contributed by atoms with Gasteiger partial charge in [-0.3, -0.25) is 0 Å². The first-order chi connectivity index (χ1) is 8.18. The summed E-state index contributed by atoms with van der Waals surface area (Å²) < 4.78 is 61.4. The zero-order valence-corrected chi connectivity index (χ0v) is 10.0. The number of nitrogens with two attached hydrogens (primary N) is 1. The SMILES string of the molecule is NC[C@@H](O)CS(=O)(=O)c1ccccc1C(F)(F)F. The Balaban J connectivity index is 3.25. The van der Waals surface area contributed by atoms with Gasteiger partial charge in [-0.2, -0.15) is 13.2 Å². The van der Waals surface area contributed by atoms with E-state index in [1.165, 1.54) is 6.07 Å². The molecule has 0 bridgehead atoms. The van der Waals surface area contributed by atoms with Gasteiger partial charge in [-0.15, -0.1) is 0 Å². The molecule has 0 aliphatic rings. The van der Waals surface area contributed by atoms with Crippen LogP contribution < -0.4 is 5.73 Å². The molecule has 0 fully saturated rings. The maximum Gasteiger partial charge on any atom is 0.417 e. The largest absolute Gasteiger partial charge is 0.417 e. The van der Waals surface area contributed by atoms with Gasteiger partial charge in [-0.25, -0.2) is 8.42 Å². The van der Waals surface area contributed by atoms with Crippen LogP contribution in [-0.2, 0) is 16.0 Å². The maximum atomic E-state index is 12.6. The first-order valence-electron chi connectivity index (χ1n) is 4.95. The van der Waals surface area contributed by atoms with Crippen LogP contribution in [0.1, 0.15) is 5.56 Å². The molecule has 1 aromatic carbocycles. The third kappa shape index (κ3) is 3.44. The van der Waals surface area contributed by atoms with Crippen LogP contribution in [-0.4, -0.2) is 31.9 Å². The van der Waals surface area contributed by atoms with Crippen LogP contribution in [0.2, 0.25) is 0 Å². The molecule has 1 aromatic rings. The summed E-state index contributed by atoms with van der Waals surface area (Å²) in [7, 11) is -4.24. The van der Waals surface area contributed by atoms with Crippen molar-refractivity contribution in [3.05, 3.63) is 29.8 Å². The molecule has 0 radical (unpaired) electrons. The third-order valence-corrected chi connectivity index (χ3v) is 4.06. The lowest BCUT2D eigenvalue weighted by Crippen LogP contribution is -2.29. The molecule has 18 heavy (non-hydrogen) atoms. The van der Waals surface area contributed by atoms with E-state index >= 15 is 0 Å². The number of rotatable bonds is 4. The predicted molar refractivity (Wildman–Crippen MR) is 58.6 cm³/mol. The first kappa shape index (κ1) is 14.9. The number of hydrogen-bond donors (Lipinski definition) is 2. The lowest BCUT2D eigenvalue weighted by atomic mass is 10.2. The summed E-state index contributed by atoms with van der Waals surface area (Å²) in [5, 5.41) is 9.16. The molecule has 3 N–H and O–H groups in total. The van der Waals surface area contributed by atoms with Crippen LogP contribution in [0.4, 0.5) is 13.2 Å². The zero-order valence-electron chi connectivity index (χ0n) is 9.18. The van der Waals surface area contributed by atoms with E-state index in [1.54, 1.807) is 0 Å². The van der Waals surface area contributed by atoms with Crippen molar-refractivity contribution >= 4 is 9.84 Å². The van der Waals surface area contributed by atoms with E-state index in [0.29, 0.717) is 6.07 Å². The molecular weight excluding hydrogens is 271 g/mol. The Morgan fingerprint density at radius 1 is 1.28 bits per heavy atom. The van der Waals surface area contributed by atoms with E-state index in [-0.39, 0.29) is 6.54 Å². The molecule has 4 nitrogen and oxygen atoms in total. The maximum absolute atomic E-state index is 12.6.